The lowest BCUT2D eigenvalue weighted by Gasteiger charge is -2.08. The van der Waals surface area contributed by atoms with Gasteiger partial charge >= 0.3 is 0 Å². The van der Waals surface area contributed by atoms with Gasteiger partial charge in [0, 0.05) is 16.3 Å². The Bertz CT molecular complexity index is 878. The van der Waals surface area contributed by atoms with Gasteiger partial charge in [-0.15, -0.1) is 0 Å². The lowest BCUT2D eigenvalue weighted by molar-refractivity contribution is 0.411. The summed E-state index contributed by atoms with van der Waals surface area (Å²) in [7, 11) is 1.64. The first-order valence-electron chi connectivity index (χ1n) is 7.56. The molecule has 0 spiro atoms. The molecule has 0 radical (unpaired) electrons. The van der Waals surface area contributed by atoms with E-state index in [-0.39, 0.29) is 0 Å². The van der Waals surface area contributed by atoms with Crippen molar-refractivity contribution in [2.45, 2.75) is 0 Å². The smallest absolute Gasteiger partial charge is 0.141 e. The molecule has 5 heteroatoms. The summed E-state index contributed by atoms with van der Waals surface area (Å²) in [6.45, 7) is 0. The monoisotopic (exact) mass is 459 g/mol. The number of halogens is 2. The maximum absolute atomic E-state index is 5.78. The molecule has 0 aromatic heterocycles. The van der Waals surface area contributed by atoms with Gasteiger partial charge in [0.25, 0.3) is 0 Å². The highest BCUT2D eigenvalue weighted by Gasteiger charge is 2.07. The zero-order chi connectivity index (χ0) is 17.6. The molecule has 3 aromatic rings. The van der Waals surface area contributed by atoms with Gasteiger partial charge in [-0.2, -0.15) is 0 Å². The molecule has 3 aromatic carbocycles. The lowest BCUT2D eigenvalue weighted by Crippen LogP contribution is -1.92. The highest BCUT2D eigenvalue weighted by Crippen LogP contribution is 2.32. The Morgan fingerprint density at radius 1 is 0.880 bits per heavy atom. The summed E-state index contributed by atoms with van der Waals surface area (Å²) in [4.78, 5) is 4.51. The molecule has 3 rings (SSSR count). The Hall–Kier alpha value is -2.11. The van der Waals surface area contributed by atoms with E-state index in [1.807, 2.05) is 66.7 Å². The third kappa shape index (κ3) is 4.71. The van der Waals surface area contributed by atoms with Crippen LogP contribution in [0.3, 0.4) is 0 Å². The third-order valence-corrected chi connectivity index (χ3v) is 4.46. The average molecular weight is 461 g/mol. The number of hydrogen-bond donors (Lipinski definition) is 0. The molecule has 0 unspecified atom stereocenters. The van der Waals surface area contributed by atoms with Crippen LogP contribution in [0.1, 0.15) is 5.56 Å². The normalized spacial score (nSPS) is 10.8. The van der Waals surface area contributed by atoms with Gasteiger partial charge in [0.1, 0.15) is 17.2 Å². The molecule has 126 valence electrons. The quantitative estimate of drug-likeness (QED) is 0.393. The van der Waals surface area contributed by atoms with Crippen molar-refractivity contribution in [1.29, 1.82) is 0 Å². The van der Waals surface area contributed by atoms with E-state index in [4.69, 9.17) is 9.47 Å². The highest BCUT2D eigenvalue weighted by molar-refractivity contribution is 9.11. The molecule has 0 heterocycles. The van der Waals surface area contributed by atoms with E-state index >= 15 is 0 Å². The minimum absolute atomic E-state index is 0.746. The number of methoxy groups -OCH3 is 1. The summed E-state index contributed by atoms with van der Waals surface area (Å²) >= 11 is 6.97. The molecule has 0 fully saturated rings. The second kappa shape index (κ2) is 8.32. The van der Waals surface area contributed by atoms with Gasteiger partial charge in [-0.3, -0.25) is 4.99 Å². The van der Waals surface area contributed by atoms with E-state index in [0.717, 1.165) is 37.4 Å². The first kappa shape index (κ1) is 17.7. The molecule has 0 amide bonds. The molecule has 0 bridgehead atoms. The van der Waals surface area contributed by atoms with E-state index < -0.39 is 0 Å². The standard InChI is InChI=1S/C20H15Br2NO2/c1-24-20-14(11-15(21)12-19(20)22)13-23-16-7-9-18(10-8-16)25-17-5-3-2-4-6-17/h2-13H,1H3. The first-order valence-corrected chi connectivity index (χ1v) is 9.14. The van der Waals surface area contributed by atoms with Crippen LogP contribution in [-0.2, 0) is 0 Å². The average Bonchev–Trinajstić information content (AvgIpc) is 2.62. The Kier molecular flexibility index (Phi) is 5.89. The second-order valence-corrected chi connectivity index (χ2v) is 6.95. The van der Waals surface area contributed by atoms with Crippen LogP contribution >= 0.6 is 31.9 Å². The minimum atomic E-state index is 0.746. The van der Waals surface area contributed by atoms with E-state index in [1.54, 1.807) is 13.3 Å². The van der Waals surface area contributed by atoms with Gasteiger partial charge in [0.05, 0.1) is 17.3 Å². The van der Waals surface area contributed by atoms with Crippen LogP contribution in [0.15, 0.2) is 80.7 Å². The van der Waals surface area contributed by atoms with Crippen molar-refractivity contribution in [3.05, 3.63) is 81.2 Å². The van der Waals surface area contributed by atoms with Crippen molar-refractivity contribution >= 4 is 43.8 Å². The maximum Gasteiger partial charge on any atom is 0.141 e. The van der Waals surface area contributed by atoms with Crippen molar-refractivity contribution in [2.75, 3.05) is 7.11 Å². The van der Waals surface area contributed by atoms with Gasteiger partial charge < -0.3 is 9.47 Å². The molecule has 0 atom stereocenters. The zero-order valence-corrected chi connectivity index (χ0v) is 16.6. The number of hydrogen-bond acceptors (Lipinski definition) is 3. The Morgan fingerprint density at radius 3 is 2.24 bits per heavy atom. The molecule has 25 heavy (non-hydrogen) atoms. The molecule has 0 aliphatic carbocycles. The zero-order valence-electron chi connectivity index (χ0n) is 13.4. The Balaban J connectivity index is 1.76. The predicted octanol–water partition coefficient (Wildman–Crippen LogP) is 6.76. The van der Waals surface area contributed by atoms with Crippen LogP contribution < -0.4 is 9.47 Å². The number of ether oxygens (including phenoxy) is 2. The molecular formula is C20H15Br2NO2. The fraction of sp³-hybridized carbons (Fsp3) is 0.0500. The van der Waals surface area contributed by atoms with Crippen LogP contribution in [0.4, 0.5) is 5.69 Å². The number of rotatable bonds is 5. The largest absolute Gasteiger partial charge is 0.495 e. The van der Waals surface area contributed by atoms with Crippen molar-refractivity contribution in [3.63, 3.8) is 0 Å². The van der Waals surface area contributed by atoms with E-state index in [0.29, 0.717) is 0 Å². The summed E-state index contributed by atoms with van der Waals surface area (Å²) < 4.78 is 13.0. The fourth-order valence-electron chi connectivity index (χ4n) is 2.26. The second-order valence-electron chi connectivity index (χ2n) is 5.18. The van der Waals surface area contributed by atoms with Crippen molar-refractivity contribution in [3.8, 4) is 17.2 Å². The third-order valence-electron chi connectivity index (χ3n) is 3.41. The van der Waals surface area contributed by atoms with Crippen LogP contribution in [0.2, 0.25) is 0 Å². The van der Waals surface area contributed by atoms with Gasteiger partial charge in [-0.25, -0.2) is 0 Å². The van der Waals surface area contributed by atoms with Gasteiger partial charge in [-0.1, -0.05) is 34.1 Å². The molecule has 0 aliphatic heterocycles. The summed E-state index contributed by atoms with van der Waals surface area (Å²) in [5.74, 6) is 2.33. The molecule has 0 aliphatic rings. The van der Waals surface area contributed by atoms with Gasteiger partial charge in [0.2, 0.25) is 0 Å². The van der Waals surface area contributed by atoms with E-state index in [2.05, 4.69) is 36.9 Å². The van der Waals surface area contributed by atoms with Gasteiger partial charge in [-0.05, 0) is 64.5 Å². The Labute approximate surface area is 163 Å². The highest BCUT2D eigenvalue weighted by atomic mass is 79.9. The number of nitrogens with zero attached hydrogens (tertiary/aromatic N) is 1. The van der Waals surface area contributed by atoms with Crippen LogP contribution in [0.5, 0.6) is 17.2 Å². The molecular weight excluding hydrogens is 446 g/mol. The Morgan fingerprint density at radius 2 is 1.56 bits per heavy atom. The summed E-state index contributed by atoms with van der Waals surface area (Å²) in [6.07, 6.45) is 1.78. The minimum Gasteiger partial charge on any atom is -0.495 e. The maximum atomic E-state index is 5.78. The summed E-state index contributed by atoms with van der Waals surface area (Å²) in [6, 6.07) is 21.2. The van der Waals surface area contributed by atoms with Crippen LogP contribution in [-0.4, -0.2) is 13.3 Å². The van der Waals surface area contributed by atoms with Crippen molar-refractivity contribution in [1.82, 2.24) is 0 Å². The summed E-state index contributed by atoms with van der Waals surface area (Å²) in [5.41, 5.74) is 1.71. The van der Waals surface area contributed by atoms with E-state index in [1.165, 1.54) is 0 Å². The SMILES string of the molecule is COc1c(Br)cc(Br)cc1C=Nc1ccc(Oc2ccccc2)cc1. The lowest BCUT2D eigenvalue weighted by atomic mass is 10.2. The van der Waals surface area contributed by atoms with Crippen LogP contribution in [0.25, 0.3) is 0 Å². The fourth-order valence-corrected chi connectivity index (χ4v) is 3.68. The topological polar surface area (TPSA) is 30.8 Å². The molecule has 3 nitrogen and oxygen atoms in total. The molecule has 0 saturated heterocycles. The number of aliphatic imine (C=N–C) groups is 1. The van der Waals surface area contributed by atoms with Gasteiger partial charge in [0.15, 0.2) is 0 Å². The first-order chi connectivity index (χ1) is 12.2. The van der Waals surface area contributed by atoms with Crippen molar-refractivity contribution < 1.29 is 9.47 Å². The molecule has 0 N–H and O–H groups in total. The summed E-state index contributed by atoms with van der Waals surface area (Å²) in [5, 5.41) is 0. The number of benzene rings is 3. The molecule has 0 saturated carbocycles. The number of para-hydroxylation sites is 1. The van der Waals surface area contributed by atoms with Crippen LogP contribution in [0, 0.1) is 0 Å². The predicted molar refractivity (Wildman–Crippen MR) is 109 cm³/mol. The van der Waals surface area contributed by atoms with Crippen molar-refractivity contribution in [2.24, 2.45) is 4.99 Å². The van der Waals surface area contributed by atoms with E-state index in [9.17, 15) is 0 Å².